The van der Waals surface area contributed by atoms with E-state index in [2.05, 4.69) is 21.2 Å². The molecule has 0 aliphatic carbocycles. The third-order valence-corrected chi connectivity index (χ3v) is 4.90. The van der Waals surface area contributed by atoms with Gasteiger partial charge in [-0.25, -0.2) is 4.98 Å². The number of nitrogen functional groups attached to an aromatic ring is 1. The van der Waals surface area contributed by atoms with Crippen molar-refractivity contribution < 1.29 is 0 Å². The van der Waals surface area contributed by atoms with Gasteiger partial charge in [0.2, 0.25) is 0 Å². The Morgan fingerprint density at radius 1 is 1.17 bits per heavy atom. The summed E-state index contributed by atoms with van der Waals surface area (Å²) in [6.45, 7) is 5.49. The van der Waals surface area contributed by atoms with Gasteiger partial charge in [0.25, 0.3) is 0 Å². The van der Waals surface area contributed by atoms with Gasteiger partial charge in [0, 0.05) is 24.6 Å². The Bertz CT molecular complexity index is 832. The summed E-state index contributed by atoms with van der Waals surface area (Å²) in [6, 6.07) is 9.84. The van der Waals surface area contributed by atoms with Gasteiger partial charge in [-0.15, -0.1) is 0 Å². The molecule has 0 amide bonds. The first-order valence-electron chi connectivity index (χ1n) is 8.61. The highest BCUT2D eigenvalue weighted by atomic mass is 15.2. The molecule has 24 heavy (non-hydrogen) atoms. The number of nitrogens with two attached hydrogens (primary N) is 1. The predicted octanol–water partition coefficient (Wildman–Crippen LogP) is 3.21. The summed E-state index contributed by atoms with van der Waals surface area (Å²) in [5.41, 5.74) is 10.7. The molecule has 0 bridgehead atoms. The number of rotatable bonds is 3. The maximum atomic E-state index is 6.01. The number of nitrogens with zero attached hydrogens (tertiary/aromatic N) is 4. The molecule has 3 aromatic rings. The minimum Gasteiger partial charge on any atom is -0.398 e. The second-order valence-electron chi connectivity index (χ2n) is 6.77. The van der Waals surface area contributed by atoms with Crippen molar-refractivity contribution in [3.63, 3.8) is 0 Å². The number of aromatic nitrogens is 3. The van der Waals surface area contributed by atoms with E-state index in [1.165, 1.54) is 18.5 Å². The minimum atomic E-state index is 0.751. The van der Waals surface area contributed by atoms with E-state index >= 15 is 0 Å². The van der Waals surface area contributed by atoms with Crippen molar-refractivity contribution in [2.75, 3.05) is 18.8 Å². The van der Waals surface area contributed by atoms with E-state index in [1.54, 1.807) is 0 Å². The second-order valence-corrected chi connectivity index (χ2v) is 6.77. The summed E-state index contributed by atoms with van der Waals surface area (Å²) >= 11 is 0. The minimum absolute atomic E-state index is 0.751. The lowest BCUT2D eigenvalue weighted by Crippen LogP contribution is -2.32. The number of likely N-dealkylation sites (tertiary alicyclic amines) is 1. The van der Waals surface area contributed by atoms with Crippen molar-refractivity contribution in [2.45, 2.75) is 26.3 Å². The topological polar surface area (TPSA) is 59.5 Å². The fraction of sp³-hybridized carbons (Fsp3) is 0.368. The Kier molecular flexibility index (Phi) is 3.94. The smallest absolute Gasteiger partial charge is 0.137 e. The zero-order valence-electron chi connectivity index (χ0n) is 14.0. The van der Waals surface area contributed by atoms with Crippen LogP contribution in [0.3, 0.4) is 0 Å². The van der Waals surface area contributed by atoms with E-state index in [0.29, 0.717) is 0 Å². The maximum Gasteiger partial charge on any atom is 0.137 e. The van der Waals surface area contributed by atoms with Gasteiger partial charge in [-0.2, -0.15) is 0 Å². The average molecular weight is 321 g/mol. The Hall–Kier alpha value is -2.40. The van der Waals surface area contributed by atoms with Crippen LogP contribution < -0.4 is 5.73 Å². The molecule has 2 N–H and O–H groups in total. The quantitative estimate of drug-likeness (QED) is 0.805. The van der Waals surface area contributed by atoms with Crippen LogP contribution in [0.25, 0.3) is 17.0 Å². The molecule has 0 spiro atoms. The molecule has 1 aliphatic heterocycles. The number of fused-ring (bicyclic) bond motifs is 1. The zero-order chi connectivity index (χ0) is 16.5. The highest BCUT2D eigenvalue weighted by Crippen LogP contribution is 2.26. The van der Waals surface area contributed by atoms with Crippen molar-refractivity contribution in [1.82, 2.24) is 19.3 Å². The normalized spacial score (nSPS) is 16.7. The maximum absolute atomic E-state index is 6.01. The Morgan fingerprint density at radius 3 is 2.75 bits per heavy atom. The Morgan fingerprint density at radius 2 is 2.00 bits per heavy atom. The lowest BCUT2D eigenvalue weighted by molar-refractivity contribution is 0.183. The molecule has 0 aromatic carbocycles. The summed E-state index contributed by atoms with van der Waals surface area (Å²) < 4.78 is 2.12. The van der Waals surface area contributed by atoms with Gasteiger partial charge < -0.3 is 5.73 Å². The molecule has 4 heterocycles. The van der Waals surface area contributed by atoms with Crippen LogP contribution in [-0.2, 0) is 6.54 Å². The van der Waals surface area contributed by atoms with Crippen molar-refractivity contribution in [3.05, 3.63) is 48.4 Å². The van der Waals surface area contributed by atoms with E-state index in [9.17, 15) is 0 Å². The lowest BCUT2D eigenvalue weighted by atomic mass is 9.99. The molecule has 0 unspecified atom stereocenters. The van der Waals surface area contributed by atoms with E-state index < -0.39 is 0 Å². The van der Waals surface area contributed by atoms with E-state index in [1.807, 2.05) is 42.7 Å². The number of hydrogen-bond donors (Lipinski definition) is 1. The van der Waals surface area contributed by atoms with Crippen LogP contribution in [0.2, 0.25) is 0 Å². The molecule has 1 fully saturated rings. The van der Waals surface area contributed by atoms with Crippen LogP contribution in [0.15, 0.2) is 42.7 Å². The summed E-state index contributed by atoms with van der Waals surface area (Å²) in [7, 11) is 0. The van der Waals surface area contributed by atoms with E-state index in [-0.39, 0.29) is 0 Å². The number of hydrogen-bond acceptors (Lipinski definition) is 4. The van der Waals surface area contributed by atoms with Crippen molar-refractivity contribution in [1.29, 1.82) is 0 Å². The lowest BCUT2D eigenvalue weighted by Gasteiger charge is -2.30. The fourth-order valence-electron chi connectivity index (χ4n) is 3.40. The van der Waals surface area contributed by atoms with Crippen molar-refractivity contribution >= 4 is 11.3 Å². The first-order chi connectivity index (χ1) is 11.7. The average Bonchev–Trinajstić information content (AvgIpc) is 2.95. The van der Waals surface area contributed by atoms with E-state index in [0.717, 1.165) is 48.3 Å². The molecule has 1 saturated heterocycles. The SMILES string of the molecule is CC1CCN(Cc2c(-c3ccccn3)nc3ccc(N)cn23)CC1. The Labute approximate surface area is 142 Å². The molecule has 0 saturated carbocycles. The van der Waals surface area contributed by atoms with Crippen molar-refractivity contribution in [3.8, 4) is 11.4 Å². The Balaban J connectivity index is 1.77. The van der Waals surface area contributed by atoms with Gasteiger partial charge in [-0.3, -0.25) is 14.3 Å². The summed E-state index contributed by atoms with van der Waals surface area (Å²) in [5.74, 6) is 0.828. The van der Waals surface area contributed by atoms with Gasteiger partial charge in [0.15, 0.2) is 0 Å². The highest BCUT2D eigenvalue weighted by molar-refractivity contribution is 5.64. The molecule has 1 aliphatic rings. The van der Waals surface area contributed by atoms with Crippen LogP contribution in [0.4, 0.5) is 5.69 Å². The molecular formula is C19H23N5. The number of piperidine rings is 1. The van der Waals surface area contributed by atoms with Gasteiger partial charge in [-0.1, -0.05) is 13.0 Å². The van der Waals surface area contributed by atoms with Gasteiger partial charge in [0.05, 0.1) is 11.4 Å². The molecule has 4 rings (SSSR count). The summed E-state index contributed by atoms with van der Waals surface area (Å²) in [5, 5.41) is 0. The largest absolute Gasteiger partial charge is 0.398 e. The first-order valence-corrected chi connectivity index (χ1v) is 8.61. The van der Waals surface area contributed by atoms with Crippen LogP contribution in [-0.4, -0.2) is 32.4 Å². The molecule has 0 atom stereocenters. The van der Waals surface area contributed by atoms with Crippen LogP contribution in [0, 0.1) is 5.92 Å². The zero-order valence-corrected chi connectivity index (χ0v) is 14.0. The van der Waals surface area contributed by atoms with Gasteiger partial charge in [0.1, 0.15) is 11.3 Å². The van der Waals surface area contributed by atoms with Crippen molar-refractivity contribution in [2.24, 2.45) is 5.92 Å². The highest BCUT2D eigenvalue weighted by Gasteiger charge is 2.21. The molecule has 5 nitrogen and oxygen atoms in total. The van der Waals surface area contributed by atoms with Gasteiger partial charge >= 0.3 is 0 Å². The van der Waals surface area contributed by atoms with Crippen LogP contribution >= 0.6 is 0 Å². The summed E-state index contributed by atoms with van der Waals surface area (Å²) in [4.78, 5) is 11.8. The molecule has 3 aromatic heterocycles. The number of pyridine rings is 2. The monoisotopic (exact) mass is 321 g/mol. The summed E-state index contributed by atoms with van der Waals surface area (Å²) in [6.07, 6.45) is 6.31. The fourth-order valence-corrected chi connectivity index (χ4v) is 3.40. The van der Waals surface area contributed by atoms with Crippen LogP contribution in [0.1, 0.15) is 25.5 Å². The second kappa shape index (κ2) is 6.24. The number of imidazole rings is 1. The third-order valence-electron chi connectivity index (χ3n) is 4.90. The van der Waals surface area contributed by atoms with E-state index in [4.69, 9.17) is 10.7 Å². The molecule has 124 valence electrons. The first kappa shape index (κ1) is 15.1. The van der Waals surface area contributed by atoms with Crippen LogP contribution in [0.5, 0.6) is 0 Å². The molecular weight excluding hydrogens is 298 g/mol. The number of anilines is 1. The third kappa shape index (κ3) is 2.87. The standard InChI is InChI=1S/C19H23N5/c1-14-7-10-23(11-8-14)13-17-19(16-4-2-3-9-21-16)22-18-6-5-15(20)12-24(17)18/h2-6,9,12,14H,7-8,10-11,13,20H2,1H3. The predicted molar refractivity (Wildman–Crippen MR) is 96.5 cm³/mol. The molecule has 0 radical (unpaired) electrons. The molecule has 5 heteroatoms. The van der Waals surface area contributed by atoms with Gasteiger partial charge in [-0.05, 0) is 56.1 Å².